The maximum absolute atomic E-state index is 14.9. The molecule has 0 aliphatic carbocycles. The fraction of sp³-hybridized carbons (Fsp3) is 0.480. The summed E-state index contributed by atoms with van der Waals surface area (Å²) in [5, 5.41) is 13.0. The lowest BCUT2D eigenvalue weighted by atomic mass is 9.91. The Morgan fingerprint density at radius 2 is 2.00 bits per heavy atom. The summed E-state index contributed by atoms with van der Waals surface area (Å²) in [6.45, 7) is 12.1. The number of aliphatic hydroxyl groups is 1. The molecule has 4 rings (SSSR count). The number of rotatable bonds is 6. The predicted octanol–water partition coefficient (Wildman–Crippen LogP) is 3.75. The van der Waals surface area contributed by atoms with E-state index in [1.807, 2.05) is 0 Å². The van der Waals surface area contributed by atoms with Crippen LogP contribution in [0.25, 0.3) is 15.9 Å². The lowest BCUT2D eigenvalue weighted by molar-refractivity contribution is -0.0806. The van der Waals surface area contributed by atoms with E-state index in [4.69, 9.17) is 12.3 Å². The fourth-order valence-corrected chi connectivity index (χ4v) is 4.52. The fourth-order valence-electron chi connectivity index (χ4n) is 4.52. The molecule has 0 radical (unpaired) electrons. The van der Waals surface area contributed by atoms with Crippen molar-refractivity contribution in [2.75, 3.05) is 23.3 Å². The molecule has 0 bridgehead atoms. The number of hydrogen-bond donors (Lipinski definition) is 3. The second-order valence-corrected chi connectivity index (χ2v) is 10.2. The minimum Gasteiger partial charge on any atom is -0.390 e. The highest BCUT2D eigenvalue weighted by atomic mass is 19.3. The van der Waals surface area contributed by atoms with Gasteiger partial charge in [0.25, 0.3) is 5.92 Å². The Labute approximate surface area is 212 Å². The number of anilines is 3. The first-order chi connectivity index (χ1) is 17.2. The summed E-state index contributed by atoms with van der Waals surface area (Å²) in [6.07, 6.45) is 0.344. The highest BCUT2D eigenvalue weighted by molar-refractivity contribution is 5.82. The second kappa shape index (κ2) is 9.39. The average molecular weight is 518 g/mol. The van der Waals surface area contributed by atoms with Crippen LogP contribution in [0.3, 0.4) is 0 Å². The summed E-state index contributed by atoms with van der Waals surface area (Å²) in [7, 11) is 1.64. The van der Waals surface area contributed by atoms with E-state index in [0.29, 0.717) is 23.1 Å². The van der Waals surface area contributed by atoms with Gasteiger partial charge in [0.2, 0.25) is 5.69 Å². The van der Waals surface area contributed by atoms with Crippen molar-refractivity contribution in [3.05, 3.63) is 52.0 Å². The van der Waals surface area contributed by atoms with Crippen molar-refractivity contribution in [3.63, 3.8) is 0 Å². The van der Waals surface area contributed by atoms with Crippen molar-refractivity contribution in [3.8, 4) is 0 Å². The Morgan fingerprint density at radius 1 is 1.30 bits per heavy atom. The van der Waals surface area contributed by atoms with Crippen LogP contribution < -0.4 is 21.6 Å². The van der Waals surface area contributed by atoms with Gasteiger partial charge in [0.1, 0.15) is 5.82 Å². The Kier molecular flexibility index (Phi) is 6.73. The van der Waals surface area contributed by atoms with Gasteiger partial charge >= 0.3 is 5.69 Å². The molecule has 1 aliphatic heterocycles. The van der Waals surface area contributed by atoms with E-state index < -0.39 is 29.3 Å². The number of alkyl halides is 2. The number of hydrogen-bond acceptors (Lipinski definition) is 6. The molecular formula is C25H30F3N7O2. The zero-order valence-electron chi connectivity index (χ0n) is 21.1. The number of nitrogens with zero attached hydrogens (tertiary/aromatic N) is 5. The number of benzene rings is 1. The number of imidazole rings is 1. The second-order valence-electron chi connectivity index (χ2n) is 10.2. The largest absolute Gasteiger partial charge is 0.390 e. The summed E-state index contributed by atoms with van der Waals surface area (Å²) in [4.78, 5) is 21.9. The smallest absolute Gasteiger partial charge is 0.328 e. The molecule has 4 N–H and O–H groups in total. The van der Waals surface area contributed by atoms with Gasteiger partial charge in [0.05, 0.1) is 29.2 Å². The minimum atomic E-state index is -3.07. The molecule has 9 nitrogen and oxygen atoms in total. The molecule has 0 amide bonds. The van der Waals surface area contributed by atoms with Crippen LogP contribution in [0.4, 0.5) is 36.2 Å². The molecule has 198 valence electrons. The van der Waals surface area contributed by atoms with E-state index in [0.717, 1.165) is 6.07 Å². The third kappa shape index (κ3) is 5.01. The Bertz CT molecular complexity index is 1420. The van der Waals surface area contributed by atoms with E-state index in [9.17, 15) is 23.1 Å². The lowest BCUT2D eigenvalue weighted by Gasteiger charge is -2.41. The van der Waals surface area contributed by atoms with E-state index >= 15 is 0 Å². The lowest BCUT2D eigenvalue weighted by Crippen LogP contribution is -2.60. The Balaban J connectivity index is 1.70. The molecule has 37 heavy (non-hydrogen) atoms. The summed E-state index contributed by atoms with van der Waals surface area (Å²) >= 11 is 0. The van der Waals surface area contributed by atoms with Gasteiger partial charge in [-0.15, -0.1) is 0 Å². The van der Waals surface area contributed by atoms with Gasteiger partial charge < -0.3 is 21.1 Å². The molecule has 1 aromatic carbocycles. The number of aryl methyl sites for hydroxylation is 2. The van der Waals surface area contributed by atoms with Gasteiger partial charge in [0.15, 0.2) is 11.6 Å². The first kappa shape index (κ1) is 26.5. The molecule has 2 aromatic heterocycles. The molecule has 1 aliphatic rings. The molecule has 3 heterocycles. The molecule has 12 heteroatoms. The van der Waals surface area contributed by atoms with Crippen LogP contribution in [0.15, 0.2) is 29.1 Å². The average Bonchev–Trinajstić information content (AvgIpc) is 3.05. The van der Waals surface area contributed by atoms with Crippen molar-refractivity contribution < 1.29 is 18.3 Å². The highest BCUT2D eigenvalue weighted by Gasteiger charge is 2.48. The van der Waals surface area contributed by atoms with Gasteiger partial charge in [-0.05, 0) is 44.5 Å². The molecule has 1 fully saturated rings. The number of fused-ring (bicyclic) bond motifs is 1. The minimum absolute atomic E-state index is 0.0691. The van der Waals surface area contributed by atoms with Gasteiger partial charge in [-0.2, -0.15) is 0 Å². The first-order valence-electron chi connectivity index (χ1n) is 11.9. The molecule has 2 atom stereocenters. The van der Waals surface area contributed by atoms with Crippen molar-refractivity contribution in [2.45, 2.75) is 51.3 Å². The highest BCUT2D eigenvalue weighted by Crippen LogP contribution is 2.38. The van der Waals surface area contributed by atoms with Crippen molar-refractivity contribution in [1.82, 2.24) is 14.1 Å². The molecule has 0 unspecified atom stereocenters. The summed E-state index contributed by atoms with van der Waals surface area (Å²) in [6, 6.07) is 4.59. The van der Waals surface area contributed by atoms with Crippen LogP contribution in [-0.2, 0) is 13.6 Å². The SMILES string of the molecule is [C-]#[N+]c1cc(F)c(Nc2ccc3c(c2)n(CCC(C)(C)O)c(=O)n3C)nc1N1C[C@@H](C)C(F)(F)[C@@H](N)C1. The van der Waals surface area contributed by atoms with E-state index in [-0.39, 0.29) is 42.6 Å². The van der Waals surface area contributed by atoms with Gasteiger partial charge in [0, 0.05) is 38.3 Å². The van der Waals surface area contributed by atoms with Crippen molar-refractivity contribution >= 4 is 34.0 Å². The monoisotopic (exact) mass is 517 g/mol. The van der Waals surface area contributed by atoms with E-state index in [1.54, 1.807) is 39.1 Å². The predicted molar refractivity (Wildman–Crippen MR) is 136 cm³/mol. The van der Waals surface area contributed by atoms with E-state index in [2.05, 4.69) is 15.1 Å². The Morgan fingerprint density at radius 3 is 2.62 bits per heavy atom. The number of pyridine rings is 1. The summed E-state index contributed by atoms with van der Waals surface area (Å²) in [5.41, 5.74) is 6.05. The van der Waals surface area contributed by atoms with Gasteiger partial charge in [-0.25, -0.2) is 27.8 Å². The molecule has 1 saturated heterocycles. The first-order valence-corrected chi connectivity index (χ1v) is 11.9. The zero-order valence-corrected chi connectivity index (χ0v) is 21.1. The quantitative estimate of drug-likeness (QED) is 0.430. The van der Waals surface area contributed by atoms with Crippen LogP contribution in [0.2, 0.25) is 0 Å². The Hall–Kier alpha value is -3.56. The van der Waals surface area contributed by atoms with Crippen LogP contribution in [0, 0.1) is 18.3 Å². The van der Waals surface area contributed by atoms with Crippen molar-refractivity contribution in [2.24, 2.45) is 18.7 Å². The topological polar surface area (TPSA) is 106 Å². The number of piperidine rings is 1. The number of aromatic nitrogens is 3. The third-order valence-corrected chi connectivity index (χ3v) is 6.77. The maximum atomic E-state index is 14.9. The molecule has 0 spiro atoms. The summed E-state index contributed by atoms with van der Waals surface area (Å²) < 4.78 is 46.5. The summed E-state index contributed by atoms with van der Waals surface area (Å²) in [5.74, 6) is -5.07. The zero-order chi connectivity index (χ0) is 27.3. The van der Waals surface area contributed by atoms with Crippen LogP contribution in [-0.4, -0.2) is 49.9 Å². The molecule has 0 saturated carbocycles. The standard InChI is InChI=1S/C25H30F3N7O2/c1-14-12-34(13-20(29)25(14,27)28)22-17(30-4)11-16(26)21(32-22)31-15-6-7-18-19(10-15)35(23(36)33(18)5)9-8-24(2,3)37/h6-7,10-11,14,20,37H,8-9,12-13,29H2,1-3,5H3,(H,31,32)/t14-,20+/m1/s1. The van der Waals surface area contributed by atoms with E-state index in [1.165, 1.54) is 21.0 Å². The van der Waals surface area contributed by atoms with Crippen LogP contribution in [0.1, 0.15) is 27.2 Å². The number of nitrogens with one attached hydrogen (secondary N) is 1. The third-order valence-electron chi connectivity index (χ3n) is 6.77. The normalized spacial score (nSPS) is 19.7. The van der Waals surface area contributed by atoms with Crippen LogP contribution >= 0.6 is 0 Å². The number of nitrogens with two attached hydrogens (primary N) is 1. The van der Waals surface area contributed by atoms with Crippen molar-refractivity contribution in [1.29, 1.82) is 0 Å². The molecule has 3 aromatic rings. The van der Waals surface area contributed by atoms with Gasteiger partial charge in [-0.3, -0.25) is 9.13 Å². The maximum Gasteiger partial charge on any atom is 0.328 e. The molecular weight excluding hydrogens is 487 g/mol. The van der Waals surface area contributed by atoms with Crippen LogP contribution in [0.5, 0.6) is 0 Å². The van der Waals surface area contributed by atoms with Gasteiger partial charge in [-0.1, -0.05) is 6.92 Å². The number of halogens is 3.